The Morgan fingerprint density at radius 2 is 1.91 bits per heavy atom. The lowest BCUT2D eigenvalue weighted by Gasteiger charge is -2.05. The lowest BCUT2D eigenvalue weighted by molar-refractivity contribution is -0.144. The first-order valence-corrected chi connectivity index (χ1v) is 8.57. The van der Waals surface area contributed by atoms with Crippen molar-refractivity contribution in [1.29, 1.82) is 0 Å². The highest BCUT2D eigenvalue weighted by Gasteiger charge is 2.09. The number of thiazole rings is 1. The van der Waals surface area contributed by atoms with Crippen molar-refractivity contribution in [3.05, 3.63) is 63.6 Å². The maximum Gasteiger partial charge on any atom is 0.306 e. The third kappa shape index (κ3) is 3.72. The molecule has 112 valence electrons. The highest BCUT2D eigenvalue weighted by molar-refractivity contribution is 9.10. The van der Waals surface area contributed by atoms with Gasteiger partial charge in [-0.2, -0.15) is 0 Å². The van der Waals surface area contributed by atoms with Crippen LogP contribution in [0.5, 0.6) is 0 Å². The first kappa shape index (κ1) is 15.2. The summed E-state index contributed by atoms with van der Waals surface area (Å²) in [4.78, 5) is 16.4. The fourth-order valence-electron chi connectivity index (χ4n) is 2.08. The Morgan fingerprint density at radius 3 is 2.73 bits per heavy atom. The first-order chi connectivity index (χ1) is 10.7. The van der Waals surface area contributed by atoms with E-state index in [2.05, 4.69) is 20.9 Å². The molecule has 0 fully saturated rings. The summed E-state index contributed by atoms with van der Waals surface area (Å²) in [6.07, 6.45) is 0.971. The summed E-state index contributed by atoms with van der Waals surface area (Å²) in [5.74, 6) is -0.199. The second-order valence-corrected chi connectivity index (χ2v) is 6.80. The molecule has 1 aromatic heterocycles. The van der Waals surface area contributed by atoms with Crippen molar-refractivity contribution in [3.63, 3.8) is 0 Å². The number of hydrogen-bond acceptors (Lipinski definition) is 4. The average Bonchev–Trinajstić information content (AvgIpc) is 2.95. The number of halogens is 1. The van der Waals surface area contributed by atoms with E-state index in [4.69, 9.17) is 4.74 Å². The van der Waals surface area contributed by atoms with E-state index < -0.39 is 0 Å². The van der Waals surface area contributed by atoms with Crippen LogP contribution in [0, 0.1) is 0 Å². The molecule has 22 heavy (non-hydrogen) atoms. The Morgan fingerprint density at radius 1 is 1.14 bits per heavy atom. The van der Waals surface area contributed by atoms with Gasteiger partial charge in [0.05, 0.1) is 21.6 Å². The average molecular weight is 376 g/mol. The molecule has 0 saturated heterocycles. The molecule has 2 aromatic carbocycles. The van der Waals surface area contributed by atoms with Crippen LogP contribution in [-0.4, -0.2) is 11.0 Å². The van der Waals surface area contributed by atoms with Gasteiger partial charge in [-0.15, -0.1) is 11.3 Å². The lowest BCUT2D eigenvalue weighted by atomic mass is 10.2. The minimum atomic E-state index is -0.199. The monoisotopic (exact) mass is 375 g/mol. The lowest BCUT2D eigenvalue weighted by Crippen LogP contribution is -2.06. The zero-order chi connectivity index (χ0) is 15.4. The predicted octanol–water partition coefficient (Wildman–Crippen LogP) is 4.73. The van der Waals surface area contributed by atoms with E-state index >= 15 is 0 Å². The second kappa shape index (κ2) is 7.03. The minimum Gasteiger partial charge on any atom is -0.461 e. The van der Waals surface area contributed by atoms with Gasteiger partial charge in [0.1, 0.15) is 6.61 Å². The number of esters is 1. The number of benzene rings is 2. The van der Waals surface area contributed by atoms with Gasteiger partial charge >= 0.3 is 5.97 Å². The van der Waals surface area contributed by atoms with Gasteiger partial charge in [-0.05, 0) is 18.2 Å². The summed E-state index contributed by atoms with van der Waals surface area (Å²) in [5.41, 5.74) is 1.96. The van der Waals surface area contributed by atoms with Crippen LogP contribution in [0.15, 0.2) is 53.0 Å². The molecule has 3 nitrogen and oxygen atoms in total. The zero-order valence-corrected chi connectivity index (χ0v) is 14.2. The van der Waals surface area contributed by atoms with Gasteiger partial charge in [0.25, 0.3) is 0 Å². The molecular formula is C17H14BrNO2S. The Bertz CT molecular complexity index is 767. The largest absolute Gasteiger partial charge is 0.461 e. The molecule has 0 amide bonds. The van der Waals surface area contributed by atoms with Crippen LogP contribution < -0.4 is 0 Å². The maximum atomic E-state index is 11.9. The van der Waals surface area contributed by atoms with E-state index in [0.717, 1.165) is 25.3 Å². The van der Waals surface area contributed by atoms with Crippen LogP contribution >= 0.6 is 27.3 Å². The molecule has 0 unspecified atom stereocenters. The molecule has 0 bridgehead atoms. The molecule has 0 saturated carbocycles. The molecule has 0 aliphatic rings. The van der Waals surface area contributed by atoms with Crippen LogP contribution in [0.4, 0.5) is 0 Å². The van der Waals surface area contributed by atoms with Gasteiger partial charge in [-0.1, -0.05) is 46.3 Å². The number of aryl methyl sites for hydroxylation is 1. The van der Waals surface area contributed by atoms with Crippen molar-refractivity contribution >= 4 is 43.5 Å². The van der Waals surface area contributed by atoms with Crippen LogP contribution in [0.2, 0.25) is 0 Å². The van der Waals surface area contributed by atoms with Gasteiger partial charge in [-0.25, -0.2) is 4.98 Å². The Labute approximate surface area is 141 Å². The normalized spacial score (nSPS) is 10.8. The summed E-state index contributed by atoms with van der Waals surface area (Å²) in [6.45, 7) is 0.292. The van der Waals surface area contributed by atoms with E-state index in [1.807, 2.05) is 48.5 Å². The molecular weight excluding hydrogens is 362 g/mol. The van der Waals surface area contributed by atoms with Gasteiger partial charge in [0, 0.05) is 16.5 Å². The molecule has 1 heterocycles. The van der Waals surface area contributed by atoms with Crippen molar-refractivity contribution in [3.8, 4) is 0 Å². The van der Waals surface area contributed by atoms with E-state index in [-0.39, 0.29) is 5.97 Å². The Balaban J connectivity index is 1.53. The minimum absolute atomic E-state index is 0.199. The number of aromatic nitrogens is 1. The van der Waals surface area contributed by atoms with Crippen LogP contribution in [0.3, 0.4) is 0 Å². The number of nitrogens with zero attached hydrogens (tertiary/aromatic N) is 1. The fraction of sp³-hybridized carbons (Fsp3) is 0.176. The third-order valence-corrected chi connectivity index (χ3v) is 5.10. The smallest absolute Gasteiger partial charge is 0.306 e. The second-order valence-electron chi connectivity index (χ2n) is 4.83. The molecule has 5 heteroatoms. The van der Waals surface area contributed by atoms with Crippen molar-refractivity contribution in [1.82, 2.24) is 4.98 Å². The highest BCUT2D eigenvalue weighted by Crippen LogP contribution is 2.22. The fourth-order valence-corrected chi connectivity index (χ4v) is 3.45. The highest BCUT2D eigenvalue weighted by atomic mass is 79.9. The number of para-hydroxylation sites is 1. The summed E-state index contributed by atoms with van der Waals surface area (Å²) >= 11 is 5.07. The summed E-state index contributed by atoms with van der Waals surface area (Å²) in [6, 6.07) is 15.7. The molecule has 0 aliphatic carbocycles. The van der Waals surface area contributed by atoms with Crippen molar-refractivity contribution in [2.24, 2.45) is 0 Å². The molecule has 0 atom stereocenters. The first-order valence-electron chi connectivity index (χ1n) is 6.96. The topological polar surface area (TPSA) is 39.2 Å². The molecule has 3 rings (SSSR count). The standard InChI is InChI=1S/C17H14BrNO2S/c18-13-6-2-1-5-12(13)11-21-17(20)10-9-16-19-14-7-3-4-8-15(14)22-16/h1-8H,9-11H2. The summed E-state index contributed by atoms with van der Waals surface area (Å²) < 4.78 is 7.42. The Kier molecular flexibility index (Phi) is 4.85. The molecule has 0 aliphatic heterocycles. The van der Waals surface area contributed by atoms with Gasteiger partial charge in [-0.3, -0.25) is 4.79 Å². The summed E-state index contributed by atoms with van der Waals surface area (Å²) in [5, 5.41) is 0.971. The zero-order valence-electron chi connectivity index (χ0n) is 11.8. The third-order valence-electron chi connectivity index (χ3n) is 3.23. The molecule has 0 radical (unpaired) electrons. The number of carbonyl (C=O) groups excluding carboxylic acids is 1. The van der Waals surface area contributed by atoms with E-state index in [0.29, 0.717) is 19.4 Å². The molecule has 3 aromatic rings. The van der Waals surface area contributed by atoms with Gasteiger partial charge < -0.3 is 4.74 Å². The quantitative estimate of drug-likeness (QED) is 0.604. The van der Waals surface area contributed by atoms with Crippen molar-refractivity contribution < 1.29 is 9.53 Å². The number of rotatable bonds is 5. The van der Waals surface area contributed by atoms with E-state index in [1.54, 1.807) is 11.3 Å². The summed E-state index contributed by atoms with van der Waals surface area (Å²) in [7, 11) is 0. The van der Waals surface area contributed by atoms with E-state index in [1.165, 1.54) is 0 Å². The number of fused-ring (bicyclic) bond motifs is 1. The number of carbonyl (C=O) groups is 1. The number of ether oxygens (including phenoxy) is 1. The number of hydrogen-bond donors (Lipinski definition) is 0. The van der Waals surface area contributed by atoms with Crippen LogP contribution in [0.25, 0.3) is 10.2 Å². The van der Waals surface area contributed by atoms with Crippen LogP contribution in [0.1, 0.15) is 17.0 Å². The maximum absolute atomic E-state index is 11.9. The van der Waals surface area contributed by atoms with Crippen LogP contribution in [-0.2, 0) is 22.6 Å². The molecule has 0 spiro atoms. The SMILES string of the molecule is O=C(CCc1nc2ccccc2s1)OCc1ccccc1Br. The van der Waals surface area contributed by atoms with Gasteiger partial charge in [0.2, 0.25) is 0 Å². The Hall–Kier alpha value is -1.72. The predicted molar refractivity (Wildman–Crippen MR) is 91.9 cm³/mol. The van der Waals surface area contributed by atoms with E-state index in [9.17, 15) is 4.79 Å². The van der Waals surface area contributed by atoms with Crippen molar-refractivity contribution in [2.45, 2.75) is 19.4 Å². The molecule has 0 N–H and O–H groups in total. The van der Waals surface area contributed by atoms with Gasteiger partial charge in [0.15, 0.2) is 0 Å². The van der Waals surface area contributed by atoms with Crippen molar-refractivity contribution in [2.75, 3.05) is 0 Å².